The van der Waals surface area contributed by atoms with Crippen molar-refractivity contribution in [2.24, 2.45) is 0 Å². The Bertz CT molecular complexity index is 518. The molecule has 0 fully saturated rings. The predicted molar refractivity (Wildman–Crippen MR) is 72.6 cm³/mol. The van der Waals surface area contributed by atoms with Gasteiger partial charge in [-0.3, -0.25) is 0 Å². The molecule has 0 saturated heterocycles. The van der Waals surface area contributed by atoms with E-state index in [1.54, 1.807) is 0 Å². The van der Waals surface area contributed by atoms with Crippen molar-refractivity contribution in [2.75, 3.05) is 5.32 Å². The highest BCUT2D eigenvalue weighted by atomic mass is 79.9. The largest absolute Gasteiger partial charge is 0.380 e. The number of hydrogen-bond donors (Lipinski definition) is 1. The molecule has 0 aliphatic carbocycles. The summed E-state index contributed by atoms with van der Waals surface area (Å²) in [5.41, 5.74) is 2.45. The van der Waals surface area contributed by atoms with Crippen LogP contribution in [0, 0.1) is 18.6 Å². The third-order valence-electron chi connectivity index (χ3n) is 2.61. The van der Waals surface area contributed by atoms with Crippen LogP contribution < -0.4 is 5.32 Å². The summed E-state index contributed by atoms with van der Waals surface area (Å²) in [7, 11) is 0. The summed E-state index contributed by atoms with van der Waals surface area (Å²) in [6, 6.07) is 9.45. The van der Waals surface area contributed by atoms with Gasteiger partial charge in [-0.15, -0.1) is 0 Å². The number of nitrogens with one attached hydrogen (secondary N) is 1. The Morgan fingerprint density at radius 3 is 2.56 bits per heavy atom. The lowest BCUT2D eigenvalue weighted by molar-refractivity contribution is 0.574. The predicted octanol–water partition coefficient (Wildman–Crippen LogP) is 4.65. The van der Waals surface area contributed by atoms with E-state index in [0.29, 0.717) is 12.1 Å². The zero-order chi connectivity index (χ0) is 13.1. The van der Waals surface area contributed by atoms with Crippen LogP contribution in [0.2, 0.25) is 0 Å². The number of hydrogen-bond acceptors (Lipinski definition) is 1. The van der Waals surface area contributed by atoms with Crippen molar-refractivity contribution in [1.29, 1.82) is 0 Å². The van der Waals surface area contributed by atoms with Crippen LogP contribution in [0.3, 0.4) is 0 Å². The first kappa shape index (κ1) is 13.0. The van der Waals surface area contributed by atoms with Gasteiger partial charge < -0.3 is 5.32 Å². The van der Waals surface area contributed by atoms with Crippen molar-refractivity contribution in [3.63, 3.8) is 0 Å². The molecule has 1 N–H and O–H groups in total. The highest BCUT2D eigenvalue weighted by molar-refractivity contribution is 9.10. The minimum absolute atomic E-state index is 0.313. The van der Waals surface area contributed by atoms with E-state index < -0.39 is 11.6 Å². The lowest BCUT2D eigenvalue weighted by atomic mass is 10.2. The topological polar surface area (TPSA) is 12.0 Å². The number of anilines is 1. The lowest BCUT2D eigenvalue weighted by Crippen LogP contribution is -2.02. The molecule has 0 aromatic heterocycles. The Morgan fingerprint density at radius 1 is 1.11 bits per heavy atom. The standard InChI is InChI=1S/C14H12BrF2N/c1-9-2-5-14(12(15)6-9)18-8-10-3-4-11(16)7-13(10)17/h2-7,18H,8H2,1H3. The van der Waals surface area contributed by atoms with Crippen LogP contribution in [0.5, 0.6) is 0 Å². The molecule has 4 heteroatoms. The first-order valence-electron chi connectivity index (χ1n) is 5.50. The average Bonchev–Trinajstić information content (AvgIpc) is 2.30. The summed E-state index contributed by atoms with van der Waals surface area (Å²) in [6.07, 6.45) is 0. The van der Waals surface area contributed by atoms with E-state index in [9.17, 15) is 8.78 Å². The summed E-state index contributed by atoms with van der Waals surface area (Å²) in [5.74, 6) is -1.10. The van der Waals surface area contributed by atoms with Crippen LogP contribution in [-0.4, -0.2) is 0 Å². The van der Waals surface area contributed by atoms with Crippen molar-refractivity contribution in [3.8, 4) is 0 Å². The van der Waals surface area contributed by atoms with Gasteiger partial charge in [-0.25, -0.2) is 8.78 Å². The van der Waals surface area contributed by atoms with E-state index in [1.165, 1.54) is 12.1 Å². The maximum Gasteiger partial charge on any atom is 0.131 e. The smallest absolute Gasteiger partial charge is 0.131 e. The van der Waals surface area contributed by atoms with Crippen molar-refractivity contribution >= 4 is 21.6 Å². The second-order valence-electron chi connectivity index (χ2n) is 4.07. The molecule has 0 amide bonds. The van der Waals surface area contributed by atoms with Gasteiger partial charge in [0, 0.05) is 28.3 Å². The Kier molecular flexibility index (Phi) is 3.97. The molecule has 0 aliphatic heterocycles. The zero-order valence-corrected chi connectivity index (χ0v) is 11.4. The fourth-order valence-electron chi connectivity index (χ4n) is 1.62. The number of benzene rings is 2. The molecule has 18 heavy (non-hydrogen) atoms. The van der Waals surface area contributed by atoms with Crippen LogP contribution >= 0.6 is 15.9 Å². The molecule has 0 aliphatic rings. The van der Waals surface area contributed by atoms with Gasteiger partial charge in [0.25, 0.3) is 0 Å². The molecule has 0 heterocycles. The number of rotatable bonds is 3. The Balaban J connectivity index is 2.11. The van der Waals surface area contributed by atoms with E-state index in [0.717, 1.165) is 21.8 Å². The SMILES string of the molecule is Cc1ccc(NCc2ccc(F)cc2F)c(Br)c1. The van der Waals surface area contributed by atoms with Crippen molar-refractivity contribution < 1.29 is 8.78 Å². The van der Waals surface area contributed by atoms with Crippen molar-refractivity contribution in [2.45, 2.75) is 13.5 Å². The van der Waals surface area contributed by atoms with E-state index in [-0.39, 0.29) is 0 Å². The second kappa shape index (κ2) is 5.48. The van der Waals surface area contributed by atoms with Gasteiger partial charge in [-0.05, 0) is 46.6 Å². The zero-order valence-electron chi connectivity index (χ0n) is 9.81. The lowest BCUT2D eigenvalue weighted by Gasteiger charge is -2.10. The fraction of sp³-hybridized carbons (Fsp3) is 0.143. The normalized spacial score (nSPS) is 10.4. The molecule has 2 aromatic carbocycles. The van der Waals surface area contributed by atoms with E-state index in [1.807, 2.05) is 25.1 Å². The number of halogens is 3. The molecule has 0 unspecified atom stereocenters. The third kappa shape index (κ3) is 3.07. The summed E-state index contributed by atoms with van der Waals surface area (Å²) >= 11 is 3.43. The Hall–Kier alpha value is -1.42. The van der Waals surface area contributed by atoms with Crippen LogP contribution in [0.25, 0.3) is 0 Å². The molecular formula is C14H12BrF2N. The quantitative estimate of drug-likeness (QED) is 0.870. The van der Waals surface area contributed by atoms with Gasteiger partial charge in [0.1, 0.15) is 11.6 Å². The van der Waals surface area contributed by atoms with Crippen LogP contribution in [0.1, 0.15) is 11.1 Å². The Labute approximate surface area is 113 Å². The van der Waals surface area contributed by atoms with Gasteiger partial charge >= 0.3 is 0 Å². The van der Waals surface area contributed by atoms with E-state index in [2.05, 4.69) is 21.2 Å². The first-order valence-corrected chi connectivity index (χ1v) is 6.29. The second-order valence-corrected chi connectivity index (χ2v) is 4.93. The Morgan fingerprint density at radius 2 is 1.89 bits per heavy atom. The molecule has 0 bridgehead atoms. The molecule has 94 valence electrons. The highest BCUT2D eigenvalue weighted by Crippen LogP contribution is 2.24. The molecule has 0 atom stereocenters. The van der Waals surface area contributed by atoms with E-state index >= 15 is 0 Å². The van der Waals surface area contributed by atoms with E-state index in [4.69, 9.17) is 0 Å². The molecular weight excluding hydrogens is 300 g/mol. The van der Waals surface area contributed by atoms with Gasteiger partial charge in [0.2, 0.25) is 0 Å². The molecule has 0 spiro atoms. The third-order valence-corrected chi connectivity index (χ3v) is 3.27. The summed E-state index contributed by atoms with van der Waals surface area (Å²) < 4.78 is 27.1. The van der Waals surface area contributed by atoms with Crippen LogP contribution in [-0.2, 0) is 6.54 Å². The maximum atomic E-state index is 13.4. The van der Waals surface area contributed by atoms with Crippen LogP contribution in [0.15, 0.2) is 40.9 Å². The fourth-order valence-corrected chi connectivity index (χ4v) is 2.25. The van der Waals surface area contributed by atoms with Gasteiger partial charge in [0.15, 0.2) is 0 Å². The summed E-state index contributed by atoms with van der Waals surface area (Å²) in [4.78, 5) is 0. The van der Waals surface area contributed by atoms with Gasteiger partial charge in [-0.1, -0.05) is 12.1 Å². The molecule has 0 saturated carbocycles. The molecule has 1 nitrogen and oxygen atoms in total. The van der Waals surface area contributed by atoms with Crippen LogP contribution in [0.4, 0.5) is 14.5 Å². The highest BCUT2D eigenvalue weighted by Gasteiger charge is 2.05. The summed E-state index contributed by atoms with van der Waals surface area (Å²) in [5, 5.41) is 3.11. The summed E-state index contributed by atoms with van der Waals surface area (Å²) in [6.45, 7) is 2.31. The number of aryl methyl sites for hydroxylation is 1. The monoisotopic (exact) mass is 311 g/mol. The molecule has 2 rings (SSSR count). The van der Waals surface area contributed by atoms with Gasteiger partial charge in [0.05, 0.1) is 0 Å². The van der Waals surface area contributed by atoms with Crippen molar-refractivity contribution in [1.82, 2.24) is 0 Å². The molecule has 0 radical (unpaired) electrons. The molecule has 2 aromatic rings. The minimum atomic E-state index is -0.562. The van der Waals surface area contributed by atoms with Gasteiger partial charge in [-0.2, -0.15) is 0 Å². The average molecular weight is 312 g/mol. The first-order chi connectivity index (χ1) is 8.56. The van der Waals surface area contributed by atoms with Crippen molar-refractivity contribution in [3.05, 3.63) is 63.6 Å². The maximum absolute atomic E-state index is 13.4. The minimum Gasteiger partial charge on any atom is -0.380 e.